The molecule has 1 fully saturated rings. The van der Waals surface area contributed by atoms with Crippen molar-refractivity contribution in [2.24, 2.45) is 5.73 Å². The lowest BCUT2D eigenvalue weighted by Crippen LogP contribution is -2.44. The van der Waals surface area contributed by atoms with Gasteiger partial charge < -0.3 is 10.8 Å². The second-order valence-corrected chi connectivity index (χ2v) is 4.46. The van der Waals surface area contributed by atoms with Crippen molar-refractivity contribution >= 4 is 5.97 Å². The third kappa shape index (κ3) is 1.59. The second-order valence-electron chi connectivity index (χ2n) is 4.46. The highest BCUT2D eigenvalue weighted by Crippen LogP contribution is 2.40. The first-order valence-electron chi connectivity index (χ1n) is 5.27. The van der Waals surface area contributed by atoms with Crippen LogP contribution in [0.2, 0.25) is 0 Å². The van der Waals surface area contributed by atoms with Crippen molar-refractivity contribution in [3.63, 3.8) is 0 Å². The molecule has 0 atom stereocenters. The van der Waals surface area contributed by atoms with Gasteiger partial charge >= 0.3 is 5.97 Å². The highest BCUT2D eigenvalue weighted by molar-refractivity contribution is 5.89. The van der Waals surface area contributed by atoms with Crippen molar-refractivity contribution < 1.29 is 14.3 Å². The van der Waals surface area contributed by atoms with E-state index in [2.05, 4.69) is 0 Å². The number of hydrogen-bond donors (Lipinski definition) is 2. The van der Waals surface area contributed by atoms with Gasteiger partial charge in [-0.1, -0.05) is 0 Å². The zero-order chi connectivity index (χ0) is 11.9. The summed E-state index contributed by atoms with van der Waals surface area (Å²) in [6.07, 6.45) is 2.39. The lowest BCUT2D eigenvalue weighted by atomic mass is 9.72. The highest BCUT2D eigenvalue weighted by atomic mass is 19.1. The minimum atomic E-state index is -1.04. The molecule has 1 aromatic carbocycles. The molecule has 3 N–H and O–H groups in total. The molecule has 1 aromatic rings. The molecule has 0 heterocycles. The topological polar surface area (TPSA) is 63.3 Å². The number of hydrogen-bond acceptors (Lipinski definition) is 2. The molecular weight excluding hydrogens is 209 g/mol. The number of benzene rings is 1. The van der Waals surface area contributed by atoms with Gasteiger partial charge in [0.1, 0.15) is 5.82 Å². The van der Waals surface area contributed by atoms with Crippen LogP contribution < -0.4 is 5.73 Å². The monoisotopic (exact) mass is 223 g/mol. The Morgan fingerprint density at radius 3 is 2.56 bits per heavy atom. The molecule has 0 amide bonds. The first kappa shape index (κ1) is 11.1. The summed E-state index contributed by atoms with van der Waals surface area (Å²) in [5, 5.41) is 8.97. The molecule has 1 aliphatic carbocycles. The molecule has 0 bridgehead atoms. The van der Waals surface area contributed by atoms with Gasteiger partial charge in [0.15, 0.2) is 0 Å². The summed E-state index contributed by atoms with van der Waals surface area (Å²) in [7, 11) is 0. The fraction of sp³-hybridized carbons (Fsp3) is 0.417. The number of aryl methyl sites for hydroxylation is 1. The van der Waals surface area contributed by atoms with E-state index >= 15 is 0 Å². The van der Waals surface area contributed by atoms with E-state index in [1.54, 1.807) is 6.92 Å². The predicted octanol–water partition coefficient (Wildman–Crippen LogP) is 2.17. The molecule has 0 radical (unpaired) electrons. The number of carboxylic acids is 1. The van der Waals surface area contributed by atoms with Gasteiger partial charge in [-0.25, -0.2) is 9.18 Å². The third-order valence-corrected chi connectivity index (χ3v) is 3.33. The van der Waals surface area contributed by atoms with Crippen LogP contribution >= 0.6 is 0 Å². The first-order valence-corrected chi connectivity index (χ1v) is 5.27. The molecule has 0 spiro atoms. The van der Waals surface area contributed by atoms with Crippen LogP contribution in [-0.2, 0) is 5.54 Å². The number of aromatic carboxylic acids is 1. The lowest BCUT2D eigenvalue weighted by molar-refractivity contribution is 0.0695. The fourth-order valence-electron chi connectivity index (χ4n) is 2.11. The minimum absolute atomic E-state index is 0.133. The molecule has 1 aliphatic rings. The summed E-state index contributed by atoms with van der Waals surface area (Å²) in [4.78, 5) is 11.0. The highest BCUT2D eigenvalue weighted by Gasteiger charge is 2.37. The average Bonchev–Trinajstić information content (AvgIpc) is 2.13. The molecule has 2 rings (SSSR count). The van der Waals surface area contributed by atoms with Crippen LogP contribution in [0.3, 0.4) is 0 Å². The van der Waals surface area contributed by atoms with Crippen LogP contribution in [0, 0.1) is 12.7 Å². The van der Waals surface area contributed by atoms with E-state index in [0.29, 0.717) is 24.0 Å². The quantitative estimate of drug-likeness (QED) is 0.807. The number of carbonyl (C=O) groups is 1. The standard InChI is InChI=1S/C12H14FNO2/c1-7-5-10(13)9(6-8(7)11(15)16)12(14)3-2-4-12/h5-6H,2-4,14H2,1H3,(H,15,16). The van der Waals surface area contributed by atoms with E-state index in [0.717, 1.165) is 6.42 Å². The van der Waals surface area contributed by atoms with E-state index in [-0.39, 0.29) is 5.56 Å². The van der Waals surface area contributed by atoms with Crippen LogP contribution in [0.1, 0.15) is 40.7 Å². The molecule has 0 unspecified atom stereocenters. The molecule has 4 heteroatoms. The Bertz CT molecular complexity index is 453. The van der Waals surface area contributed by atoms with Gasteiger partial charge in [0, 0.05) is 11.1 Å². The average molecular weight is 223 g/mol. The second kappa shape index (κ2) is 3.56. The molecule has 3 nitrogen and oxygen atoms in total. The Morgan fingerprint density at radius 1 is 1.50 bits per heavy atom. The number of carboxylic acid groups (broad SMARTS) is 1. The van der Waals surface area contributed by atoms with Gasteiger partial charge in [-0.3, -0.25) is 0 Å². The normalized spacial score (nSPS) is 17.9. The van der Waals surface area contributed by atoms with Crippen molar-refractivity contribution in [3.8, 4) is 0 Å². The SMILES string of the molecule is Cc1cc(F)c(C2(N)CCC2)cc1C(=O)O. The van der Waals surface area contributed by atoms with Gasteiger partial charge in [0.2, 0.25) is 0 Å². The van der Waals surface area contributed by atoms with Crippen LogP contribution in [0.4, 0.5) is 4.39 Å². The van der Waals surface area contributed by atoms with Crippen LogP contribution in [0.25, 0.3) is 0 Å². The van der Waals surface area contributed by atoms with E-state index in [1.165, 1.54) is 12.1 Å². The third-order valence-electron chi connectivity index (χ3n) is 3.33. The van der Waals surface area contributed by atoms with Gasteiger partial charge in [0.25, 0.3) is 0 Å². The van der Waals surface area contributed by atoms with Gasteiger partial charge in [-0.15, -0.1) is 0 Å². The van der Waals surface area contributed by atoms with Crippen LogP contribution in [-0.4, -0.2) is 11.1 Å². The van der Waals surface area contributed by atoms with E-state index in [4.69, 9.17) is 10.8 Å². The molecule has 0 aliphatic heterocycles. The lowest BCUT2D eigenvalue weighted by Gasteiger charge is -2.39. The Labute approximate surface area is 93.1 Å². The first-order chi connectivity index (χ1) is 7.44. The maximum Gasteiger partial charge on any atom is 0.335 e. The van der Waals surface area contributed by atoms with E-state index in [1.807, 2.05) is 0 Å². The van der Waals surface area contributed by atoms with Gasteiger partial charge in [-0.2, -0.15) is 0 Å². The minimum Gasteiger partial charge on any atom is -0.478 e. The van der Waals surface area contributed by atoms with E-state index < -0.39 is 17.3 Å². The largest absolute Gasteiger partial charge is 0.478 e. The molecular formula is C12H14FNO2. The maximum absolute atomic E-state index is 13.7. The Balaban J connectivity index is 2.53. The van der Waals surface area contributed by atoms with Crippen molar-refractivity contribution in [3.05, 3.63) is 34.6 Å². The number of rotatable bonds is 2. The summed E-state index contributed by atoms with van der Waals surface area (Å²) in [6.45, 7) is 1.58. The van der Waals surface area contributed by atoms with Gasteiger partial charge in [-0.05, 0) is 43.9 Å². The molecule has 0 saturated heterocycles. The Kier molecular flexibility index (Phi) is 2.46. The molecule has 1 saturated carbocycles. The maximum atomic E-state index is 13.7. The van der Waals surface area contributed by atoms with Crippen LogP contribution in [0.5, 0.6) is 0 Å². The molecule has 0 aromatic heterocycles. The summed E-state index contributed by atoms with van der Waals surface area (Å²) in [6, 6.07) is 2.64. The summed E-state index contributed by atoms with van der Waals surface area (Å²) >= 11 is 0. The Morgan fingerprint density at radius 2 is 2.12 bits per heavy atom. The van der Waals surface area contributed by atoms with Crippen molar-refractivity contribution in [1.29, 1.82) is 0 Å². The van der Waals surface area contributed by atoms with Gasteiger partial charge in [0.05, 0.1) is 5.56 Å². The van der Waals surface area contributed by atoms with Crippen molar-refractivity contribution in [2.75, 3.05) is 0 Å². The number of nitrogens with two attached hydrogens (primary N) is 1. The smallest absolute Gasteiger partial charge is 0.335 e. The molecule has 86 valence electrons. The zero-order valence-electron chi connectivity index (χ0n) is 9.09. The predicted molar refractivity (Wildman–Crippen MR) is 57.8 cm³/mol. The summed E-state index contributed by atoms with van der Waals surface area (Å²) in [5.74, 6) is -1.44. The number of halogens is 1. The summed E-state index contributed by atoms with van der Waals surface area (Å²) in [5.41, 5.74) is 6.24. The van der Waals surface area contributed by atoms with Crippen molar-refractivity contribution in [2.45, 2.75) is 31.7 Å². The fourth-order valence-corrected chi connectivity index (χ4v) is 2.11. The Hall–Kier alpha value is -1.42. The zero-order valence-corrected chi connectivity index (χ0v) is 9.09. The molecule has 16 heavy (non-hydrogen) atoms. The van der Waals surface area contributed by atoms with Crippen molar-refractivity contribution in [1.82, 2.24) is 0 Å². The van der Waals surface area contributed by atoms with Crippen LogP contribution in [0.15, 0.2) is 12.1 Å². The summed E-state index contributed by atoms with van der Waals surface area (Å²) < 4.78 is 13.7. The van der Waals surface area contributed by atoms with E-state index in [9.17, 15) is 9.18 Å².